The Balaban J connectivity index is 1.83. The molecule has 0 spiro atoms. The van der Waals surface area contributed by atoms with E-state index < -0.39 is 0 Å². The third-order valence-electron chi connectivity index (χ3n) is 3.42. The summed E-state index contributed by atoms with van der Waals surface area (Å²) in [6, 6.07) is 18.0. The Morgan fingerprint density at radius 2 is 1.74 bits per heavy atom. The van der Waals surface area contributed by atoms with Gasteiger partial charge in [-0.2, -0.15) is 5.10 Å². The van der Waals surface area contributed by atoms with Gasteiger partial charge in [0.15, 0.2) is 5.17 Å². The molecular formula is C19H23ClN2S. The highest BCUT2D eigenvalue weighted by molar-refractivity contribution is 7.99. The largest absolute Gasteiger partial charge is 0.277 e. The summed E-state index contributed by atoms with van der Waals surface area (Å²) in [5, 5.41) is 4.68. The molecule has 4 heteroatoms. The van der Waals surface area contributed by atoms with Crippen LogP contribution in [0.1, 0.15) is 38.2 Å². The molecule has 0 atom stereocenters. The number of halogens is 1. The van der Waals surface area contributed by atoms with E-state index in [4.69, 9.17) is 11.6 Å². The van der Waals surface area contributed by atoms with Crippen molar-refractivity contribution in [2.24, 2.45) is 5.10 Å². The Morgan fingerprint density at radius 1 is 1.00 bits per heavy atom. The van der Waals surface area contributed by atoms with Crippen LogP contribution in [-0.2, 0) is 0 Å². The normalized spacial score (nSPS) is 11.5. The molecule has 0 unspecified atom stereocenters. The molecule has 2 aromatic carbocycles. The van der Waals surface area contributed by atoms with Crippen LogP contribution in [0, 0.1) is 0 Å². The highest BCUT2D eigenvalue weighted by Gasteiger charge is 2.01. The first kappa shape index (κ1) is 17.9. The molecule has 0 saturated carbocycles. The van der Waals surface area contributed by atoms with Gasteiger partial charge in [-0.1, -0.05) is 68.1 Å². The predicted octanol–water partition coefficient (Wildman–Crippen LogP) is 6.37. The third-order valence-corrected chi connectivity index (χ3v) is 4.82. The molecule has 0 radical (unpaired) electrons. The molecule has 0 aromatic heterocycles. The molecule has 0 aliphatic rings. The van der Waals surface area contributed by atoms with Gasteiger partial charge >= 0.3 is 0 Å². The number of unbranched alkanes of at least 4 members (excludes halogenated alkanes) is 3. The summed E-state index contributed by atoms with van der Waals surface area (Å²) < 4.78 is 0. The molecule has 2 nitrogen and oxygen atoms in total. The molecule has 1 N–H and O–H groups in total. The van der Waals surface area contributed by atoms with E-state index >= 15 is 0 Å². The number of thioether (sulfide) groups is 1. The first-order valence-electron chi connectivity index (χ1n) is 8.07. The molecule has 23 heavy (non-hydrogen) atoms. The van der Waals surface area contributed by atoms with Gasteiger partial charge in [0.1, 0.15) is 0 Å². The van der Waals surface area contributed by atoms with E-state index in [1.54, 1.807) is 0 Å². The maximum Gasteiger partial charge on any atom is 0.156 e. The van der Waals surface area contributed by atoms with Crippen molar-refractivity contribution in [1.82, 2.24) is 0 Å². The lowest BCUT2D eigenvalue weighted by Gasteiger charge is -2.04. The SMILES string of the molecule is CCCCCCSc1ccc(C(Cl)=NNc2ccccc2)cc1. The highest BCUT2D eigenvalue weighted by Crippen LogP contribution is 2.21. The minimum Gasteiger partial charge on any atom is -0.277 e. The minimum absolute atomic E-state index is 0.466. The fourth-order valence-electron chi connectivity index (χ4n) is 2.10. The second-order valence-electron chi connectivity index (χ2n) is 5.31. The van der Waals surface area contributed by atoms with Crippen molar-refractivity contribution in [3.05, 3.63) is 60.2 Å². The van der Waals surface area contributed by atoms with Crippen molar-refractivity contribution >= 4 is 34.2 Å². The standard InChI is InChI=1S/C19H23ClN2S/c1-2-3-4-8-15-23-18-13-11-16(12-14-18)19(20)22-21-17-9-6-5-7-10-17/h5-7,9-14,21H,2-4,8,15H2,1H3. The van der Waals surface area contributed by atoms with E-state index in [-0.39, 0.29) is 0 Å². The van der Waals surface area contributed by atoms with Gasteiger partial charge in [0, 0.05) is 10.5 Å². The zero-order valence-corrected chi connectivity index (χ0v) is 15.0. The van der Waals surface area contributed by atoms with Gasteiger partial charge in [0.2, 0.25) is 0 Å². The average molecular weight is 347 g/mol. The first-order valence-corrected chi connectivity index (χ1v) is 9.43. The number of benzene rings is 2. The quantitative estimate of drug-likeness (QED) is 0.247. The van der Waals surface area contributed by atoms with Crippen molar-refractivity contribution < 1.29 is 0 Å². The van der Waals surface area contributed by atoms with E-state index in [0.29, 0.717) is 5.17 Å². The maximum absolute atomic E-state index is 6.25. The van der Waals surface area contributed by atoms with Gasteiger partial charge in [-0.3, -0.25) is 5.43 Å². The fourth-order valence-corrected chi connectivity index (χ4v) is 3.18. The smallest absolute Gasteiger partial charge is 0.156 e. The highest BCUT2D eigenvalue weighted by atomic mass is 35.5. The van der Waals surface area contributed by atoms with Gasteiger partial charge in [0.05, 0.1) is 5.69 Å². The van der Waals surface area contributed by atoms with Crippen LogP contribution in [0.3, 0.4) is 0 Å². The summed E-state index contributed by atoms with van der Waals surface area (Å²) >= 11 is 8.15. The molecule has 0 aliphatic carbocycles. The minimum atomic E-state index is 0.466. The number of nitrogens with zero attached hydrogens (tertiary/aromatic N) is 1. The fraction of sp³-hybridized carbons (Fsp3) is 0.316. The van der Waals surface area contributed by atoms with E-state index in [9.17, 15) is 0 Å². The molecule has 0 aliphatic heterocycles. The van der Waals surface area contributed by atoms with Crippen molar-refractivity contribution in [2.45, 2.75) is 37.5 Å². The van der Waals surface area contributed by atoms with Crippen LogP contribution in [0.5, 0.6) is 0 Å². The van der Waals surface area contributed by atoms with Crippen LogP contribution >= 0.6 is 23.4 Å². The number of hydrazone groups is 1. The van der Waals surface area contributed by atoms with Gasteiger partial charge in [0.25, 0.3) is 0 Å². The van der Waals surface area contributed by atoms with E-state index in [2.05, 4.69) is 29.6 Å². The average Bonchev–Trinajstić information content (AvgIpc) is 2.61. The topological polar surface area (TPSA) is 24.4 Å². The molecule has 0 saturated heterocycles. The monoisotopic (exact) mass is 346 g/mol. The Morgan fingerprint density at radius 3 is 2.43 bits per heavy atom. The summed E-state index contributed by atoms with van der Waals surface area (Å²) in [6.45, 7) is 2.24. The summed E-state index contributed by atoms with van der Waals surface area (Å²) in [7, 11) is 0. The van der Waals surface area contributed by atoms with Gasteiger partial charge in [-0.05, 0) is 36.4 Å². The Bertz CT molecular complexity index is 597. The first-order chi connectivity index (χ1) is 11.3. The number of nitrogens with one attached hydrogen (secondary N) is 1. The lowest BCUT2D eigenvalue weighted by Crippen LogP contribution is -1.97. The number of hydrogen-bond donors (Lipinski definition) is 1. The summed E-state index contributed by atoms with van der Waals surface area (Å²) in [6.07, 6.45) is 5.23. The Kier molecular flexibility index (Phi) is 8.05. The van der Waals surface area contributed by atoms with Crippen LogP contribution in [0.25, 0.3) is 0 Å². The van der Waals surface area contributed by atoms with Gasteiger partial charge in [-0.15, -0.1) is 11.8 Å². The van der Waals surface area contributed by atoms with Crippen molar-refractivity contribution in [3.8, 4) is 0 Å². The summed E-state index contributed by atoms with van der Waals surface area (Å²) in [5.74, 6) is 1.18. The number of rotatable bonds is 9. The van der Waals surface area contributed by atoms with E-state index in [0.717, 1.165) is 11.3 Å². The van der Waals surface area contributed by atoms with Crippen LogP contribution < -0.4 is 5.43 Å². The lowest BCUT2D eigenvalue weighted by molar-refractivity contribution is 0.706. The molecule has 0 amide bonds. The molecule has 122 valence electrons. The van der Waals surface area contributed by atoms with E-state index in [1.165, 1.54) is 36.3 Å². The maximum atomic E-state index is 6.25. The van der Waals surface area contributed by atoms with Crippen molar-refractivity contribution in [3.63, 3.8) is 0 Å². The van der Waals surface area contributed by atoms with Crippen LogP contribution in [0.4, 0.5) is 5.69 Å². The Labute approximate surface area is 148 Å². The van der Waals surface area contributed by atoms with Crippen LogP contribution in [0.15, 0.2) is 64.6 Å². The van der Waals surface area contributed by atoms with Crippen molar-refractivity contribution in [1.29, 1.82) is 0 Å². The van der Waals surface area contributed by atoms with Gasteiger partial charge < -0.3 is 0 Å². The summed E-state index contributed by atoms with van der Waals surface area (Å²) in [4.78, 5) is 1.28. The molecular weight excluding hydrogens is 324 g/mol. The molecule has 2 aromatic rings. The van der Waals surface area contributed by atoms with Gasteiger partial charge in [-0.25, -0.2) is 0 Å². The number of hydrogen-bond acceptors (Lipinski definition) is 3. The zero-order valence-electron chi connectivity index (χ0n) is 13.5. The lowest BCUT2D eigenvalue weighted by atomic mass is 10.2. The second kappa shape index (κ2) is 10.3. The molecule has 0 bridgehead atoms. The van der Waals surface area contributed by atoms with Crippen LogP contribution in [-0.4, -0.2) is 10.9 Å². The van der Waals surface area contributed by atoms with Crippen molar-refractivity contribution in [2.75, 3.05) is 11.2 Å². The Hall–Kier alpha value is -1.45. The summed E-state index contributed by atoms with van der Waals surface area (Å²) in [5.41, 5.74) is 4.81. The third kappa shape index (κ3) is 6.67. The molecule has 0 heterocycles. The van der Waals surface area contributed by atoms with Crippen LogP contribution in [0.2, 0.25) is 0 Å². The zero-order chi connectivity index (χ0) is 16.3. The van der Waals surface area contributed by atoms with E-state index in [1.807, 2.05) is 54.2 Å². The molecule has 0 fully saturated rings. The number of para-hydroxylation sites is 1. The second-order valence-corrected chi connectivity index (χ2v) is 6.84. The molecule has 2 rings (SSSR count). The number of anilines is 1. The predicted molar refractivity (Wildman–Crippen MR) is 104 cm³/mol.